The molecule has 6 heteroatoms. The van der Waals surface area contributed by atoms with E-state index in [2.05, 4.69) is 18.4 Å². The lowest BCUT2D eigenvalue weighted by Gasteiger charge is -2.14. The predicted octanol–water partition coefficient (Wildman–Crippen LogP) is -1.75. The third-order valence-corrected chi connectivity index (χ3v) is 10.4. The molecule has 0 unspecified atom stereocenters. The Kier molecular flexibility index (Phi) is 10.8. The average molecular weight is 428 g/mol. The molecular weight excluding hydrogens is 399 g/mol. The minimum Gasteiger partial charge on any atom is -1.00 e. The summed E-state index contributed by atoms with van der Waals surface area (Å²) in [6.45, 7) is 0. The van der Waals surface area contributed by atoms with Gasteiger partial charge in [-0.2, -0.15) is 0 Å². The van der Waals surface area contributed by atoms with Crippen molar-refractivity contribution in [1.29, 1.82) is 0 Å². The predicted molar refractivity (Wildman–Crippen MR) is 105 cm³/mol. The Morgan fingerprint density at radius 1 is 0.875 bits per heavy atom. The fraction of sp³-hybridized carbons (Fsp3) is 0.667. The molecule has 0 radical (unpaired) electrons. The molecule has 0 aliphatic carbocycles. The monoisotopic (exact) mass is 426 g/mol. The van der Waals surface area contributed by atoms with Gasteiger partial charge >= 0.3 is 0 Å². The molecule has 1 nitrogen and oxygen atoms in total. The smallest absolute Gasteiger partial charge is 0.136 e. The van der Waals surface area contributed by atoms with Crippen molar-refractivity contribution in [3.63, 3.8) is 0 Å². The summed E-state index contributed by atoms with van der Waals surface area (Å²) >= 11 is 1.92. The van der Waals surface area contributed by atoms with E-state index in [9.17, 15) is 0 Å². The van der Waals surface area contributed by atoms with Gasteiger partial charge in [0.1, 0.15) is 40.3 Å². The molecule has 2 saturated heterocycles. The number of thioether (sulfide) groups is 1. The van der Waals surface area contributed by atoms with Crippen LogP contribution in [0.3, 0.4) is 0 Å². The van der Waals surface area contributed by atoms with Gasteiger partial charge < -0.3 is 29.6 Å². The molecule has 0 N–H and O–H groups in total. The molecule has 0 amide bonds. The van der Waals surface area contributed by atoms with Gasteiger partial charge in [0.15, 0.2) is 0 Å². The van der Waals surface area contributed by atoms with Crippen molar-refractivity contribution in [3.8, 4) is 5.75 Å². The molecule has 2 aliphatic rings. The van der Waals surface area contributed by atoms with Crippen LogP contribution in [0.4, 0.5) is 0 Å². The molecule has 0 saturated carbocycles. The number of rotatable bonds is 6. The Morgan fingerprint density at radius 2 is 1.38 bits per heavy atom. The molecule has 2 heterocycles. The normalized spacial score (nSPS) is 18.2. The van der Waals surface area contributed by atoms with E-state index in [4.69, 9.17) is 4.74 Å². The molecule has 0 spiro atoms. The van der Waals surface area contributed by atoms with Crippen molar-refractivity contribution in [2.24, 2.45) is 0 Å². The van der Waals surface area contributed by atoms with Crippen LogP contribution in [0, 0.1) is 0 Å². The van der Waals surface area contributed by atoms with Crippen LogP contribution >= 0.6 is 11.8 Å². The second-order valence-corrected chi connectivity index (χ2v) is 11.7. The molecule has 138 valence electrons. The van der Waals surface area contributed by atoms with Gasteiger partial charge in [-0.05, 0) is 65.9 Å². The average Bonchev–Trinajstić information content (AvgIpc) is 3.22. The Labute approximate surface area is 170 Å². The third kappa shape index (κ3) is 5.84. The van der Waals surface area contributed by atoms with Crippen LogP contribution in [-0.2, 0) is 33.3 Å². The summed E-state index contributed by atoms with van der Waals surface area (Å²) in [6.07, 6.45) is 7.97. The molecule has 1 aromatic carbocycles. The maximum Gasteiger partial charge on any atom is 0.136 e. The van der Waals surface area contributed by atoms with E-state index < -0.39 is 0 Å². The minimum atomic E-state index is 0. The molecule has 2 fully saturated rings. The number of hydrogen-bond acceptors (Lipinski definition) is 2. The second kappa shape index (κ2) is 11.4. The highest BCUT2D eigenvalue weighted by Gasteiger charge is 2.28. The fourth-order valence-electron chi connectivity index (χ4n) is 3.41. The first kappa shape index (κ1) is 22.7. The largest absolute Gasteiger partial charge is 1.00 e. The molecule has 1 aromatic rings. The maximum atomic E-state index is 5.76. The molecule has 0 bridgehead atoms. The van der Waals surface area contributed by atoms with Crippen molar-refractivity contribution in [2.75, 3.05) is 36.4 Å². The van der Waals surface area contributed by atoms with E-state index in [-0.39, 0.29) is 24.8 Å². The first-order valence-electron chi connectivity index (χ1n) is 8.32. The topological polar surface area (TPSA) is 9.23 Å². The highest BCUT2D eigenvalue weighted by molar-refractivity contribution is 7.99. The zero-order valence-corrected chi connectivity index (χ0v) is 18.6. The van der Waals surface area contributed by atoms with Gasteiger partial charge in [0.25, 0.3) is 0 Å². The van der Waals surface area contributed by atoms with Gasteiger partial charge in [-0.1, -0.05) is 0 Å². The third-order valence-electron chi connectivity index (χ3n) is 4.63. The summed E-state index contributed by atoms with van der Waals surface area (Å²) in [7, 11) is 3.07. The number of ether oxygens (including phenoxy) is 1. The lowest BCUT2D eigenvalue weighted by molar-refractivity contribution is -0.001000. The first-order chi connectivity index (χ1) is 10.8. The van der Waals surface area contributed by atoms with Gasteiger partial charge in [-0.3, -0.25) is 0 Å². The number of benzene rings is 1. The molecule has 0 atom stereocenters. The summed E-state index contributed by atoms with van der Waals surface area (Å²) in [5.41, 5.74) is 2.99. The van der Waals surface area contributed by atoms with Gasteiger partial charge in [-0.15, -0.1) is 11.8 Å². The lowest BCUT2D eigenvalue weighted by atomic mass is 10.1. The first-order valence-corrected chi connectivity index (χ1v) is 13.0. The van der Waals surface area contributed by atoms with Crippen LogP contribution in [0.25, 0.3) is 0 Å². The van der Waals surface area contributed by atoms with Crippen molar-refractivity contribution in [3.05, 3.63) is 23.3 Å². The van der Waals surface area contributed by atoms with Gasteiger partial charge in [-0.25, -0.2) is 0 Å². The summed E-state index contributed by atoms with van der Waals surface area (Å²) in [5.74, 6) is 9.42. The molecule has 3 rings (SSSR count). The fourth-order valence-corrected chi connectivity index (χ4v) is 8.93. The molecule has 2 aliphatic heterocycles. The minimum absolute atomic E-state index is 0. The van der Waals surface area contributed by atoms with E-state index in [0.29, 0.717) is 21.8 Å². The van der Waals surface area contributed by atoms with E-state index in [1.807, 2.05) is 18.9 Å². The summed E-state index contributed by atoms with van der Waals surface area (Å²) in [5, 5.41) is 0. The summed E-state index contributed by atoms with van der Waals surface area (Å²) in [4.78, 5) is 1.50. The Morgan fingerprint density at radius 3 is 1.83 bits per heavy atom. The van der Waals surface area contributed by atoms with E-state index in [0.717, 1.165) is 5.75 Å². The lowest BCUT2D eigenvalue weighted by Crippen LogP contribution is -3.00. The Bertz CT molecular complexity index is 456. The van der Waals surface area contributed by atoms with Crippen LogP contribution in [0.15, 0.2) is 17.0 Å². The highest BCUT2D eigenvalue weighted by Crippen LogP contribution is 2.34. The quantitative estimate of drug-likeness (QED) is 0.394. The van der Waals surface area contributed by atoms with Crippen LogP contribution < -0.4 is 29.6 Å². The molecule has 0 aromatic heterocycles. The maximum absolute atomic E-state index is 5.76. The number of hydrogen-bond donors (Lipinski definition) is 0. The van der Waals surface area contributed by atoms with E-state index in [1.165, 1.54) is 76.2 Å². The van der Waals surface area contributed by atoms with E-state index in [1.54, 1.807) is 0 Å². The van der Waals surface area contributed by atoms with Gasteiger partial charge in [0, 0.05) is 16.0 Å². The summed E-state index contributed by atoms with van der Waals surface area (Å²) in [6, 6.07) is 4.81. The van der Waals surface area contributed by atoms with Gasteiger partial charge in [0.05, 0.1) is 7.11 Å². The summed E-state index contributed by atoms with van der Waals surface area (Å²) < 4.78 is 5.76. The molecule has 24 heavy (non-hydrogen) atoms. The van der Waals surface area contributed by atoms with Crippen LogP contribution in [0.1, 0.15) is 36.8 Å². The van der Waals surface area contributed by atoms with Crippen LogP contribution in [0.2, 0.25) is 0 Å². The highest BCUT2D eigenvalue weighted by atomic mass is 35.5. The SMILES string of the molecule is COc1cc(C[S+]2CCCC2)c(SC)cc1C[S+]1CCCC1.[Cl-].[Cl-]. The van der Waals surface area contributed by atoms with Crippen molar-refractivity contribution in [1.82, 2.24) is 0 Å². The van der Waals surface area contributed by atoms with Crippen LogP contribution in [0.5, 0.6) is 5.75 Å². The van der Waals surface area contributed by atoms with Crippen molar-refractivity contribution >= 4 is 33.6 Å². The Hall–Kier alpha value is 0.650. The number of halogens is 2. The van der Waals surface area contributed by atoms with Crippen molar-refractivity contribution < 1.29 is 29.6 Å². The molecular formula is C18H28Cl2OS3. The standard InChI is InChI=1S/C18H28OS3.2ClH/c1-19-17-11-16(14-22-9-5-6-10-22)18(20-2)12-15(17)13-21-7-3-4-8-21;;/h11-12H,3-10,13-14H2,1-2H3;2*1H/q+2;;/p-2. The number of methoxy groups -OCH3 is 1. The zero-order valence-electron chi connectivity index (χ0n) is 14.6. The van der Waals surface area contributed by atoms with Crippen LogP contribution in [-0.4, -0.2) is 36.4 Å². The van der Waals surface area contributed by atoms with E-state index >= 15 is 0 Å². The van der Waals surface area contributed by atoms with Gasteiger partial charge in [0.2, 0.25) is 0 Å². The van der Waals surface area contributed by atoms with Crippen molar-refractivity contribution in [2.45, 2.75) is 42.1 Å². The Balaban J connectivity index is 0.00000144. The second-order valence-electron chi connectivity index (χ2n) is 6.22. The zero-order chi connectivity index (χ0) is 15.4.